The van der Waals surface area contributed by atoms with Crippen LogP contribution in [0.4, 0.5) is 5.69 Å². The highest BCUT2D eigenvalue weighted by atomic mass is 32.3. The van der Waals surface area contributed by atoms with Crippen molar-refractivity contribution in [1.82, 2.24) is 0 Å². The van der Waals surface area contributed by atoms with Crippen LogP contribution in [0, 0.1) is 0 Å². The van der Waals surface area contributed by atoms with Crippen molar-refractivity contribution in [2.45, 2.75) is 265 Å². The number of aryl methyl sites for hydroxylation is 1. The van der Waals surface area contributed by atoms with Crippen molar-refractivity contribution in [3.05, 3.63) is 59.9 Å². The SMILES string of the molecule is CCCCCCCCCCCCCCCCCCCCN(CCCCCCCCCCCCCCCCCCCC)c1ccc(C=Cc2cc[n+](CC)cc2)cc1.CCOS(=O)(=O)[O-]. The van der Waals surface area contributed by atoms with E-state index in [2.05, 4.69) is 95.4 Å². The number of hydrogen-bond acceptors (Lipinski definition) is 5. The minimum absolute atomic E-state index is 0.0914. The van der Waals surface area contributed by atoms with Crippen LogP contribution in [0.15, 0.2) is 48.8 Å². The maximum atomic E-state index is 9.45. The van der Waals surface area contributed by atoms with E-state index < -0.39 is 10.4 Å². The molecule has 6 nitrogen and oxygen atoms in total. The Balaban J connectivity index is 0.00000269. The highest BCUT2D eigenvalue weighted by Crippen LogP contribution is 2.21. The van der Waals surface area contributed by atoms with Gasteiger partial charge in [0.1, 0.15) is 6.54 Å². The normalized spacial score (nSPS) is 11.6. The Kier molecular flexibility index (Phi) is 41.7. The van der Waals surface area contributed by atoms with Crippen LogP contribution in [0.2, 0.25) is 0 Å². The Morgan fingerprint density at radius 3 is 0.969 bits per heavy atom. The number of unbranched alkanes of at least 4 members (excludes halogenated alkanes) is 34. The third-order valence-electron chi connectivity index (χ3n) is 12.8. The summed E-state index contributed by atoms with van der Waals surface area (Å²) in [5.74, 6) is 0. The Hall–Kier alpha value is -2.22. The van der Waals surface area contributed by atoms with Gasteiger partial charge in [0.2, 0.25) is 10.4 Å². The van der Waals surface area contributed by atoms with Gasteiger partial charge in [0.25, 0.3) is 0 Å². The van der Waals surface area contributed by atoms with Gasteiger partial charge in [0, 0.05) is 30.9 Å². The van der Waals surface area contributed by atoms with Crippen molar-refractivity contribution in [2.24, 2.45) is 0 Å². The Morgan fingerprint density at radius 2 is 0.719 bits per heavy atom. The molecule has 0 aliphatic carbocycles. The molecule has 1 aromatic heterocycles. The number of pyridine rings is 1. The first-order chi connectivity index (χ1) is 31.3. The first kappa shape index (κ1) is 59.8. The third-order valence-corrected chi connectivity index (χ3v) is 13.4. The van der Waals surface area contributed by atoms with Crippen LogP contribution in [0.5, 0.6) is 0 Å². The van der Waals surface area contributed by atoms with Gasteiger partial charge >= 0.3 is 0 Å². The smallest absolute Gasteiger partial charge is 0.217 e. The second-order valence-electron chi connectivity index (χ2n) is 18.7. The summed E-state index contributed by atoms with van der Waals surface area (Å²) in [6, 6.07) is 13.8. The molecular formula is C57H102N2O4S. The maximum Gasteiger partial charge on any atom is 0.217 e. The van der Waals surface area contributed by atoms with Gasteiger partial charge in [-0.2, -0.15) is 0 Å². The van der Waals surface area contributed by atoms with Crippen LogP contribution in [-0.2, 0) is 21.1 Å². The summed E-state index contributed by atoms with van der Waals surface area (Å²) in [6.07, 6.45) is 60.6. The van der Waals surface area contributed by atoms with E-state index in [0.29, 0.717) is 0 Å². The van der Waals surface area contributed by atoms with Gasteiger partial charge in [-0.1, -0.05) is 256 Å². The minimum atomic E-state index is -4.42. The molecule has 0 bridgehead atoms. The largest absolute Gasteiger partial charge is 0.726 e. The average Bonchev–Trinajstić information content (AvgIpc) is 3.29. The van der Waals surface area contributed by atoms with Crippen molar-refractivity contribution < 1.29 is 21.7 Å². The van der Waals surface area contributed by atoms with Crippen molar-refractivity contribution >= 4 is 28.2 Å². The highest BCUT2D eigenvalue weighted by molar-refractivity contribution is 7.80. The molecule has 64 heavy (non-hydrogen) atoms. The first-order valence-corrected chi connectivity index (χ1v) is 28.8. The van der Waals surface area contributed by atoms with Crippen LogP contribution >= 0.6 is 0 Å². The van der Waals surface area contributed by atoms with Gasteiger partial charge in [-0.05, 0) is 49.9 Å². The third kappa shape index (κ3) is 39.0. The van der Waals surface area contributed by atoms with E-state index in [1.807, 2.05) is 0 Å². The molecule has 0 spiro atoms. The number of hydrogen-bond donors (Lipinski definition) is 0. The predicted molar refractivity (Wildman–Crippen MR) is 279 cm³/mol. The molecule has 7 heteroatoms. The Bertz CT molecular complexity index is 1360. The topological polar surface area (TPSA) is 73.5 Å². The lowest BCUT2D eigenvalue weighted by molar-refractivity contribution is -0.693. The van der Waals surface area contributed by atoms with Crippen LogP contribution in [0.25, 0.3) is 12.2 Å². The zero-order valence-corrected chi connectivity index (χ0v) is 43.3. The average molecular weight is 912 g/mol. The molecule has 370 valence electrons. The van der Waals surface area contributed by atoms with Crippen LogP contribution in [-0.4, -0.2) is 32.7 Å². The second kappa shape index (κ2) is 44.6. The molecule has 0 fully saturated rings. The zero-order valence-electron chi connectivity index (χ0n) is 42.5. The molecule has 0 saturated carbocycles. The molecule has 0 radical (unpaired) electrons. The van der Waals surface area contributed by atoms with Crippen molar-refractivity contribution in [1.29, 1.82) is 0 Å². The summed E-state index contributed by atoms with van der Waals surface area (Å²) in [7, 11) is -4.42. The quantitative estimate of drug-likeness (QED) is 0.0287. The fourth-order valence-corrected chi connectivity index (χ4v) is 8.99. The van der Waals surface area contributed by atoms with Crippen molar-refractivity contribution in [3.8, 4) is 0 Å². The molecule has 1 heterocycles. The van der Waals surface area contributed by atoms with Gasteiger partial charge in [-0.25, -0.2) is 13.0 Å². The molecule has 1 aromatic carbocycles. The molecule has 0 aliphatic heterocycles. The van der Waals surface area contributed by atoms with Gasteiger partial charge in [-0.15, -0.1) is 0 Å². The lowest BCUT2D eigenvalue weighted by atomic mass is 10.0. The number of nitrogens with zero attached hydrogens (tertiary/aromatic N) is 2. The summed E-state index contributed by atoms with van der Waals surface area (Å²) < 4.78 is 34.2. The van der Waals surface area contributed by atoms with Gasteiger partial charge in [0.15, 0.2) is 12.4 Å². The van der Waals surface area contributed by atoms with E-state index >= 15 is 0 Å². The summed E-state index contributed by atoms with van der Waals surface area (Å²) in [5, 5.41) is 0. The Morgan fingerprint density at radius 1 is 0.438 bits per heavy atom. The van der Waals surface area contributed by atoms with E-state index in [1.165, 1.54) is 268 Å². The summed E-state index contributed by atoms with van der Waals surface area (Å²) in [6.45, 7) is 11.6. The predicted octanol–water partition coefficient (Wildman–Crippen LogP) is 17.5. The molecular weight excluding hydrogens is 809 g/mol. The molecule has 0 amide bonds. The first-order valence-electron chi connectivity index (χ1n) is 27.4. The lowest BCUT2D eigenvalue weighted by Gasteiger charge is -2.25. The second-order valence-corrected chi connectivity index (χ2v) is 19.8. The van der Waals surface area contributed by atoms with Crippen LogP contribution in [0.3, 0.4) is 0 Å². The monoisotopic (exact) mass is 911 g/mol. The van der Waals surface area contributed by atoms with E-state index in [0.717, 1.165) is 6.54 Å². The Labute approximate surface area is 398 Å². The standard InChI is InChI=1S/C55H97N2.C2H6O4S/c1-4-7-9-11-13-15-17-19-21-23-25-27-29-31-33-35-37-39-49-57(55-45-43-53(44-46-55)41-42-54-47-51-56(6-3)52-48-54)50-40-38-36-34-32-30-28-26-24-22-20-18-16-14-12-10-8-5-2;1-2-6-7(3,4)5/h41-48,51-52H,4-40,49-50H2,1-3H3;2H2,1H3,(H,3,4,5)/q+1;/p-1. The number of aromatic nitrogens is 1. The van der Waals surface area contributed by atoms with E-state index in [1.54, 1.807) is 0 Å². The van der Waals surface area contributed by atoms with Gasteiger partial charge in [-0.3, -0.25) is 4.18 Å². The van der Waals surface area contributed by atoms with Gasteiger partial charge in [0.05, 0.1) is 6.61 Å². The molecule has 0 aliphatic rings. The molecule has 0 unspecified atom stereocenters. The summed E-state index contributed by atoms with van der Waals surface area (Å²) in [4.78, 5) is 2.70. The lowest BCUT2D eigenvalue weighted by Crippen LogP contribution is -2.30. The van der Waals surface area contributed by atoms with E-state index in [4.69, 9.17) is 0 Å². The van der Waals surface area contributed by atoms with Crippen LogP contribution < -0.4 is 9.47 Å². The molecule has 2 rings (SSSR count). The maximum absolute atomic E-state index is 9.45. The molecule has 0 saturated heterocycles. The zero-order chi connectivity index (χ0) is 46.4. The summed E-state index contributed by atoms with van der Waals surface area (Å²) >= 11 is 0. The molecule has 0 N–H and O–H groups in total. The molecule has 2 aromatic rings. The minimum Gasteiger partial charge on any atom is -0.726 e. The highest BCUT2D eigenvalue weighted by Gasteiger charge is 2.07. The van der Waals surface area contributed by atoms with Gasteiger partial charge < -0.3 is 9.45 Å². The fourth-order valence-electron chi connectivity index (χ4n) is 8.70. The van der Waals surface area contributed by atoms with E-state index in [9.17, 15) is 13.0 Å². The summed E-state index contributed by atoms with van der Waals surface area (Å²) in [5.41, 5.74) is 3.95. The number of anilines is 1. The fraction of sp³-hybridized carbons (Fsp3) is 0.772. The number of rotatable bonds is 44. The van der Waals surface area contributed by atoms with E-state index in [-0.39, 0.29) is 6.61 Å². The molecule has 0 atom stereocenters. The van der Waals surface area contributed by atoms with Crippen LogP contribution in [0.1, 0.15) is 270 Å². The van der Waals surface area contributed by atoms with Crippen molar-refractivity contribution in [3.63, 3.8) is 0 Å². The number of benzene rings is 1. The van der Waals surface area contributed by atoms with Crippen molar-refractivity contribution in [2.75, 3.05) is 24.6 Å².